The van der Waals surface area contributed by atoms with Crippen molar-refractivity contribution in [1.29, 1.82) is 0 Å². The predicted molar refractivity (Wildman–Crippen MR) is 79.6 cm³/mol. The molecule has 2 amide bonds. The SMILES string of the molecule is CCC1C(=O)NC(C(C)(C)C)C(=O)N1CCc1ccco1. The molecule has 116 valence electrons. The number of hydrogen-bond acceptors (Lipinski definition) is 3. The third-order valence-electron chi connectivity index (χ3n) is 3.93. The number of nitrogens with zero attached hydrogens (tertiary/aromatic N) is 1. The van der Waals surface area contributed by atoms with Gasteiger partial charge in [0.1, 0.15) is 17.8 Å². The summed E-state index contributed by atoms with van der Waals surface area (Å²) in [5.74, 6) is 0.771. The molecule has 2 atom stereocenters. The van der Waals surface area contributed by atoms with E-state index in [1.807, 2.05) is 39.8 Å². The predicted octanol–water partition coefficient (Wildman–Crippen LogP) is 1.97. The highest BCUT2D eigenvalue weighted by molar-refractivity contribution is 5.97. The second kappa shape index (κ2) is 5.92. The summed E-state index contributed by atoms with van der Waals surface area (Å²) in [5, 5.41) is 2.88. The van der Waals surface area contributed by atoms with E-state index in [9.17, 15) is 9.59 Å². The summed E-state index contributed by atoms with van der Waals surface area (Å²) in [7, 11) is 0. The molecule has 5 heteroatoms. The number of carbonyl (C=O) groups excluding carboxylic acids is 2. The quantitative estimate of drug-likeness (QED) is 0.923. The standard InChI is InChI=1S/C16H24N2O3/c1-5-12-14(19)17-13(16(2,3)4)15(20)18(12)9-8-11-7-6-10-21-11/h6-7,10,12-13H,5,8-9H2,1-4H3,(H,17,19). The molecule has 21 heavy (non-hydrogen) atoms. The summed E-state index contributed by atoms with van der Waals surface area (Å²) in [6.07, 6.45) is 2.86. The van der Waals surface area contributed by atoms with Gasteiger partial charge in [0.15, 0.2) is 0 Å². The van der Waals surface area contributed by atoms with Gasteiger partial charge in [0.25, 0.3) is 0 Å². The van der Waals surface area contributed by atoms with Crippen molar-refractivity contribution in [3.63, 3.8) is 0 Å². The van der Waals surface area contributed by atoms with Crippen LogP contribution in [0.15, 0.2) is 22.8 Å². The first-order chi connectivity index (χ1) is 9.84. The average Bonchev–Trinajstić information content (AvgIpc) is 2.91. The Hall–Kier alpha value is -1.78. The maximum absolute atomic E-state index is 12.7. The van der Waals surface area contributed by atoms with Gasteiger partial charge in [-0.05, 0) is 24.0 Å². The van der Waals surface area contributed by atoms with Crippen LogP contribution in [0.2, 0.25) is 0 Å². The monoisotopic (exact) mass is 292 g/mol. The molecular weight excluding hydrogens is 268 g/mol. The Labute approximate surface area is 125 Å². The first-order valence-corrected chi connectivity index (χ1v) is 7.48. The van der Waals surface area contributed by atoms with E-state index in [0.29, 0.717) is 19.4 Å². The van der Waals surface area contributed by atoms with Crippen LogP contribution in [-0.2, 0) is 16.0 Å². The Balaban J connectivity index is 2.16. The first kappa shape index (κ1) is 15.6. The summed E-state index contributed by atoms with van der Waals surface area (Å²) < 4.78 is 5.31. The lowest BCUT2D eigenvalue weighted by atomic mass is 9.83. The van der Waals surface area contributed by atoms with Gasteiger partial charge in [-0.3, -0.25) is 9.59 Å². The summed E-state index contributed by atoms with van der Waals surface area (Å²) in [5.41, 5.74) is -0.297. The van der Waals surface area contributed by atoms with E-state index in [2.05, 4.69) is 5.32 Å². The molecule has 0 saturated carbocycles. The van der Waals surface area contributed by atoms with Crippen LogP contribution in [0.4, 0.5) is 0 Å². The highest BCUT2D eigenvalue weighted by atomic mass is 16.3. The molecule has 0 bridgehead atoms. The zero-order valence-electron chi connectivity index (χ0n) is 13.2. The van der Waals surface area contributed by atoms with Gasteiger partial charge in [0, 0.05) is 13.0 Å². The third kappa shape index (κ3) is 3.28. The molecule has 1 aromatic heterocycles. The zero-order chi connectivity index (χ0) is 15.6. The molecule has 2 heterocycles. The number of amides is 2. The largest absolute Gasteiger partial charge is 0.469 e. The average molecular weight is 292 g/mol. The van der Waals surface area contributed by atoms with Gasteiger partial charge in [0.2, 0.25) is 11.8 Å². The minimum atomic E-state index is -0.468. The van der Waals surface area contributed by atoms with Crippen molar-refractivity contribution in [2.24, 2.45) is 5.41 Å². The summed E-state index contributed by atoms with van der Waals surface area (Å²) in [6, 6.07) is 2.86. The van der Waals surface area contributed by atoms with Crippen molar-refractivity contribution in [2.45, 2.75) is 52.6 Å². The number of furan rings is 1. The fraction of sp³-hybridized carbons (Fsp3) is 0.625. The molecule has 1 saturated heterocycles. The summed E-state index contributed by atoms with van der Waals surface area (Å²) >= 11 is 0. The highest BCUT2D eigenvalue weighted by Gasteiger charge is 2.44. The minimum Gasteiger partial charge on any atom is -0.469 e. The fourth-order valence-corrected chi connectivity index (χ4v) is 2.71. The van der Waals surface area contributed by atoms with Gasteiger partial charge >= 0.3 is 0 Å². The molecule has 5 nitrogen and oxygen atoms in total. The van der Waals surface area contributed by atoms with Crippen molar-refractivity contribution >= 4 is 11.8 Å². The smallest absolute Gasteiger partial charge is 0.246 e. The van der Waals surface area contributed by atoms with Crippen molar-refractivity contribution in [2.75, 3.05) is 6.54 Å². The molecule has 2 rings (SSSR count). The molecule has 2 unspecified atom stereocenters. The molecule has 0 aliphatic carbocycles. The Kier molecular flexibility index (Phi) is 4.40. The Bertz CT molecular complexity index is 502. The van der Waals surface area contributed by atoms with E-state index in [1.54, 1.807) is 11.2 Å². The topological polar surface area (TPSA) is 62.6 Å². The van der Waals surface area contributed by atoms with E-state index in [0.717, 1.165) is 5.76 Å². The van der Waals surface area contributed by atoms with E-state index in [-0.39, 0.29) is 23.3 Å². The molecule has 1 aromatic rings. The number of carbonyl (C=O) groups is 2. The van der Waals surface area contributed by atoms with Crippen LogP contribution in [0.3, 0.4) is 0 Å². The van der Waals surface area contributed by atoms with Gasteiger partial charge in [-0.1, -0.05) is 27.7 Å². The maximum atomic E-state index is 12.7. The number of rotatable bonds is 4. The molecule has 0 spiro atoms. The molecule has 1 aliphatic rings. The zero-order valence-corrected chi connectivity index (χ0v) is 13.2. The van der Waals surface area contributed by atoms with E-state index < -0.39 is 6.04 Å². The van der Waals surface area contributed by atoms with Crippen LogP contribution in [0.5, 0.6) is 0 Å². The van der Waals surface area contributed by atoms with Crippen LogP contribution in [0, 0.1) is 5.41 Å². The van der Waals surface area contributed by atoms with E-state index >= 15 is 0 Å². The van der Waals surface area contributed by atoms with Gasteiger partial charge in [-0.15, -0.1) is 0 Å². The second-order valence-corrected chi connectivity index (χ2v) is 6.59. The maximum Gasteiger partial charge on any atom is 0.246 e. The van der Waals surface area contributed by atoms with Crippen LogP contribution in [0.1, 0.15) is 39.9 Å². The Morgan fingerprint density at radius 3 is 2.57 bits per heavy atom. The second-order valence-electron chi connectivity index (χ2n) is 6.59. The van der Waals surface area contributed by atoms with Gasteiger partial charge in [0.05, 0.1) is 6.26 Å². The molecule has 0 radical (unpaired) electrons. The van der Waals surface area contributed by atoms with Crippen molar-refractivity contribution in [3.8, 4) is 0 Å². The van der Waals surface area contributed by atoms with Crippen molar-refractivity contribution in [1.82, 2.24) is 10.2 Å². The minimum absolute atomic E-state index is 0.000469. The van der Waals surface area contributed by atoms with Gasteiger partial charge < -0.3 is 14.6 Å². The highest BCUT2D eigenvalue weighted by Crippen LogP contribution is 2.26. The van der Waals surface area contributed by atoms with Crippen LogP contribution in [-0.4, -0.2) is 35.3 Å². The lowest BCUT2D eigenvalue weighted by Crippen LogP contribution is -2.66. The summed E-state index contributed by atoms with van der Waals surface area (Å²) in [4.78, 5) is 26.7. The molecular formula is C16H24N2O3. The number of hydrogen-bond donors (Lipinski definition) is 1. The fourth-order valence-electron chi connectivity index (χ4n) is 2.71. The van der Waals surface area contributed by atoms with Crippen molar-refractivity contribution < 1.29 is 14.0 Å². The third-order valence-corrected chi connectivity index (χ3v) is 3.93. The number of piperazine rings is 1. The van der Waals surface area contributed by atoms with Gasteiger partial charge in [-0.25, -0.2) is 0 Å². The molecule has 1 fully saturated rings. The van der Waals surface area contributed by atoms with E-state index in [4.69, 9.17) is 4.42 Å². The molecule has 0 aromatic carbocycles. The lowest BCUT2D eigenvalue weighted by molar-refractivity contribution is -0.152. The van der Waals surface area contributed by atoms with Gasteiger partial charge in [-0.2, -0.15) is 0 Å². The number of nitrogens with one attached hydrogen (secondary N) is 1. The van der Waals surface area contributed by atoms with Crippen molar-refractivity contribution in [3.05, 3.63) is 24.2 Å². The van der Waals surface area contributed by atoms with Crippen LogP contribution in [0.25, 0.3) is 0 Å². The first-order valence-electron chi connectivity index (χ1n) is 7.48. The normalized spacial score (nSPS) is 23.3. The lowest BCUT2D eigenvalue weighted by Gasteiger charge is -2.43. The Morgan fingerprint density at radius 1 is 1.33 bits per heavy atom. The Morgan fingerprint density at radius 2 is 2.05 bits per heavy atom. The molecule has 1 aliphatic heterocycles. The van der Waals surface area contributed by atoms with Crippen LogP contribution >= 0.6 is 0 Å². The van der Waals surface area contributed by atoms with Crippen LogP contribution < -0.4 is 5.32 Å². The van der Waals surface area contributed by atoms with E-state index in [1.165, 1.54) is 0 Å². The molecule has 1 N–H and O–H groups in total. The summed E-state index contributed by atoms with van der Waals surface area (Å²) in [6.45, 7) is 8.33.